The average molecular weight is 1050 g/mol. The van der Waals surface area contributed by atoms with Crippen molar-refractivity contribution in [3.63, 3.8) is 0 Å². The van der Waals surface area contributed by atoms with Gasteiger partial charge in [0.2, 0.25) is 47.3 Å². The Kier molecular flexibility index (Phi) is 29.0. The molecule has 1 fully saturated rings. The molecule has 8 amide bonds. The molecule has 414 valence electrons. The van der Waals surface area contributed by atoms with Crippen molar-refractivity contribution < 1.29 is 53.4 Å². The average Bonchev–Trinajstić information content (AvgIpc) is 3.86. The smallest absolute Gasteiger partial charge is 0.352 e. The van der Waals surface area contributed by atoms with Crippen LogP contribution in [0.1, 0.15) is 88.7 Å². The van der Waals surface area contributed by atoms with E-state index < -0.39 is 120 Å². The summed E-state index contributed by atoms with van der Waals surface area (Å²) in [4.78, 5) is 126. The second kappa shape index (κ2) is 33.9. The normalized spacial score (nSPS) is 16.2. The fraction of sp³-hybridized carbons (Fsp3) is 0.617. The molecule has 0 aromatic heterocycles. The van der Waals surface area contributed by atoms with Gasteiger partial charge in [-0.25, -0.2) is 4.79 Å². The molecule has 1 aromatic rings. The quantitative estimate of drug-likeness (QED) is 0.0132. The monoisotopic (exact) mass is 1040 g/mol. The van der Waals surface area contributed by atoms with Gasteiger partial charge in [0.05, 0.1) is 18.7 Å². The van der Waals surface area contributed by atoms with Crippen LogP contribution in [-0.4, -0.2) is 169 Å². The van der Waals surface area contributed by atoms with Crippen LogP contribution in [0.5, 0.6) is 0 Å². The molecule has 27 heteroatoms. The Labute approximate surface area is 431 Å². The number of unbranched alkanes of at least 4 members (excludes halogenated alkanes) is 2. The van der Waals surface area contributed by atoms with Gasteiger partial charge in [0, 0.05) is 26.1 Å². The summed E-state index contributed by atoms with van der Waals surface area (Å²) in [7, 11) is 0. The van der Waals surface area contributed by atoms with Gasteiger partial charge in [0.1, 0.15) is 41.9 Å². The first kappa shape index (κ1) is 63.3. The first-order valence-electron chi connectivity index (χ1n) is 24.9. The number of carbonyl (C=O) groups excluding carboxylic acids is 8. The summed E-state index contributed by atoms with van der Waals surface area (Å²) in [6.07, 6.45) is 3.01. The van der Waals surface area contributed by atoms with Gasteiger partial charge >= 0.3 is 5.97 Å². The lowest BCUT2D eigenvalue weighted by molar-refractivity contribution is -0.142. The van der Waals surface area contributed by atoms with Crippen molar-refractivity contribution in [2.24, 2.45) is 45.1 Å². The molecule has 27 nitrogen and oxygen atoms in total. The number of amides is 8. The summed E-state index contributed by atoms with van der Waals surface area (Å²) in [6, 6.07) is -1.52. The van der Waals surface area contributed by atoms with E-state index in [0.29, 0.717) is 44.2 Å². The molecule has 0 saturated carbocycles. The van der Waals surface area contributed by atoms with Crippen molar-refractivity contribution >= 4 is 59.2 Å². The zero-order valence-electron chi connectivity index (χ0n) is 42.4. The van der Waals surface area contributed by atoms with Gasteiger partial charge in [0.15, 0.2) is 5.96 Å². The zero-order valence-corrected chi connectivity index (χ0v) is 42.4. The van der Waals surface area contributed by atoms with Crippen LogP contribution < -0.4 is 77.4 Å². The molecule has 0 bridgehead atoms. The van der Waals surface area contributed by atoms with Gasteiger partial charge in [-0.05, 0) is 103 Å². The maximum atomic E-state index is 14.2. The number of nitrogens with two attached hydrogens (primary N) is 7. The van der Waals surface area contributed by atoms with Gasteiger partial charge in [0.25, 0.3) is 0 Å². The summed E-state index contributed by atoms with van der Waals surface area (Å²) in [5, 5.41) is 37.8. The molecule has 23 N–H and O–H groups in total. The summed E-state index contributed by atoms with van der Waals surface area (Å²) in [6.45, 7) is 3.08. The molecule has 0 aliphatic carbocycles. The summed E-state index contributed by atoms with van der Waals surface area (Å²) in [5.41, 5.74) is 40.2. The predicted molar refractivity (Wildman–Crippen MR) is 274 cm³/mol. The van der Waals surface area contributed by atoms with E-state index in [0.717, 1.165) is 5.56 Å². The first-order chi connectivity index (χ1) is 35.2. The third-order valence-electron chi connectivity index (χ3n) is 11.9. The van der Waals surface area contributed by atoms with E-state index in [4.69, 9.17) is 40.1 Å². The molecular formula is C47H80N16O11. The lowest BCUT2D eigenvalue weighted by Gasteiger charge is -2.30. The van der Waals surface area contributed by atoms with Gasteiger partial charge < -0.3 is 92.5 Å². The van der Waals surface area contributed by atoms with E-state index in [-0.39, 0.29) is 77.1 Å². The number of carbonyl (C=O) groups is 9. The Hall–Kier alpha value is -6.78. The number of aryl methyl sites for hydroxylation is 1. The minimum atomic E-state index is -1.56. The number of rotatable bonds is 34. The van der Waals surface area contributed by atoms with Crippen LogP contribution in [0.15, 0.2) is 41.0 Å². The number of nitrogens with zero attached hydrogens (tertiary/aromatic N) is 2. The number of aliphatic imine (C=N–C) groups is 1. The van der Waals surface area contributed by atoms with Crippen LogP contribution in [-0.2, 0) is 49.6 Å². The van der Waals surface area contributed by atoms with Crippen LogP contribution in [0.25, 0.3) is 0 Å². The number of likely N-dealkylation sites (tertiary alicyclic amines) is 1. The van der Waals surface area contributed by atoms with Crippen molar-refractivity contribution in [2.75, 3.05) is 45.8 Å². The molecule has 1 aliphatic heterocycles. The minimum Gasteiger partial charge on any atom is -0.477 e. The molecular weight excluding hydrogens is 965 g/mol. The van der Waals surface area contributed by atoms with E-state index in [1.165, 1.54) is 17.9 Å². The van der Waals surface area contributed by atoms with Crippen molar-refractivity contribution in [1.82, 2.24) is 42.1 Å². The van der Waals surface area contributed by atoms with E-state index in [9.17, 15) is 53.4 Å². The summed E-state index contributed by atoms with van der Waals surface area (Å²) < 4.78 is 0. The maximum absolute atomic E-state index is 14.2. The second-order valence-electron chi connectivity index (χ2n) is 18.0. The number of benzene rings is 1. The number of aliphatic hydroxyl groups is 1. The van der Waals surface area contributed by atoms with Gasteiger partial charge in [-0.2, -0.15) is 0 Å². The van der Waals surface area contributed by atoms with Crippen molar-refractivity contribution in [2.45, 2.75) is 139 Å². The third-order valence-corrected chi connectivity index (χ3v) is 11.9. The lowest BCUT2D eigenvalue weighted by atomic mass is 10.0. The SMILES string of the molecule is Cc1cccc(C[C@H](NC(=O)[C@@H]2CCCN2C(=O)[C@@H](CCCN)NC(=O)CNC(=O)[C@H](C)NC(=O)[C@@H](NC(=O)[C@@H](N)CCCCN)[C@@H](O)CN)C(=O)N[C@@H](CCCCN)C(=O)N/C(=C\CCN=C(N)N)C(=O)O)c1. The maximum Gasteiger partial charge on any atom is 0.352 e. The molecule has 1 heterocycles. The second-order valence-corrected chi connectivity index (χ2v) is 18.0. The number of aliphatic hydroxyl groups excluding tert-OH is 1. The highest BCUT2D eigenvalue weighted by Crippen LogP contribution is 2.21. The lowest BCUT2D eigenvalue weighted by Crippen LogP contribution is -2.60. The summed E-state index contributed by atoms with van der Waals surface area (Å²) >= 11 is 0. The number of carboxylic acids is 1. The number of hydrogen-bond donors (Lipinski definition) is 16. The Morgan fingerprint density at radius 2 is 1.45 bits per heavy atom. The van der Waals surface area contributed by atoms with Crippen molar-refractivity contribution in [1.29, 1.82) is 0 Å². The fourth-order valence-electron chi connectivity index (χ4n) is 7.79. The third kappa shape index (κ3) is 22.5. The number of nitrogens with one attached hydrogen (secondary N) is 7. The van der Waals surface area contributed by atoms with E-state index in [1.807, 2.05) is 19.1 Å². The van der Waals surface area contributed by atoms with E-state index in [1.54, 1.807) is 12.1 Å². The summed E-state index contributed by atoms with van der Waals surface area (Å²) in [5.74, 6) is -7.86. The molecule has 8 atom stereocenters. The molecule has 0 radical (unpaired) electrons. The molecule has 2 rings (SSSR count). The van der Waals surface area contributed by atoms with Gasteiger partial charge in [-0.15, -0.1) is 0 Å². The largest absolute Gasteiger partial charge is 0.477 e. The molecule has 74 heavy (non-hydrogen) atoms. The van der Waals surface area contributed by atoms with E-state index in [2.05, 4.69) is 42.2 Å². The molecule has 1 aliphatic rings. The highest BCUT2D eigenvalue weighted by molar-refractivity contribution is 5.99. The van der Waals surface area contributed by atoms with Crippen LogP contribution in [0.3, 0.4) is 0 Å². The molecule has 1 saturated heterocycles. The highest BCUT2D eigenvalue weighted by atomic mass is 16.4. The van der Waals surface area contributed by atoms with Gasteiger partial charge in [-0.1, -0.05) is 42.3 Å². The van der Waals surface area contributed by atoms with Crippen LogP contribution in [0.2, 0.25) is 0 Å². The Morgan fingerprint density at radius 3 is 2.07 bits per heavy atom. The van der Waals surface area contributed by atoms with Crippen LogP contribution in [0.4, 0.5) is 0 Å². The Bertz CT molecular complexity index is 2110. The number of guanidine groups is 1. The van der Waals surface area contributed by atoms with Gasteiger partial charge in [-0.3, -0.25) is 43.3 Å². The number of aliphatic carboxylic acids is 1. The standard InChI is InChI=1S/C47H80N16O11/c1-27-11-7-12-29(23-27)24-34(42(69)59-31(14-4-6-19-49)41(68)60-33(46(73)74)16-9-21-55-47(53)54)61-43(70)35-17-10-22-63(35)45(72)32(15-8-20-50)58-37(65)26-56-39(66)28(2)57-44(71)38(36(64)25-51)62-40(67)30(52)13-3-5-18-48/h7,11-12,16,23,28,30-32,34-36,38,64H,3-6,8-10,13-15,17-22,24-26,48-52H2,1-2H3,(H,56,66)(H,57,71)(H,58,65)(H,59,69)(H,60,68)(H,61,70)(H,62,67)(H,73,74)(H4,53,54,55)/b33-16-/t28-,30-,31-,32+,34-,35-,36-,38-/m0/s1. The highest BCUT2D eigenvalue weighted by Gasteiger charge is 2.39. The molecule has 0 spiro atoms. The first-order valence-corrected chi connectivity index (χ1v) is 24.9. The minimum absolute atomic E-state index is 0.0389. The molecule has 0 unspecified atom stereocenters. The molecule has 1 aromatic carbocycles. The van der Waals surface area contributed by atoms with Crippen molar-refractivity contribution in [3.8, 4) is 0 Å². The van der Waals surface area contributed by atoms with E-state index >= 15 is 0 Å². The van der Waals surface area contributed by atoms with Crippen molar-refractivity contribution in [3.05, 3.63) is 47.2 Å². The Morgan fingerprint density at radius 1 is 0.784 bits per heavy atom. The number of carboxylic acid groups (broad SMARTS) is 1. The Balaban J connectivity index is 2.25. The van der Waals surface area contributed by atoms with Crippen LogP contribution >= 0.6 is 0 Å². The topological polar surface area (TPSA) is 476 Å². The number of hydrogen-bond acceptors (Lipinski definition) is 16. The zero-order chi connectivity index (χ0) is 55.3. The fourth-order valence-corrected chi connectivity index (χ4v) is 7.79. The predicted octanol–water partition coefficient (Wildman–Crippen LogP) is -5.52. The van der Waals surface area contributed by atoms with Crippen LogP contribution in [0, 0.1) is 6.92 Å².